The first-order valence-electron chi connectivity index (χ1n) is 9.49. The molecule has 1 aliphatic heterocycles. The highest BCUT2D eigenvalue weighted by Crippen LogP contribution is 2.35. The SMILES string of the molecule is COc1cccc(CN2CCO[C@@H]3C[C@@H](C(=O)NCC4CC4)C[C@H]32)c1. The van der Waals surface area contributed by atoms with Gasteiger partial charge in [0.05, 0.1) is 19.8 Å². The zero-order chi connectivity index (χ0) is 17.2. The third-order valence-corrected chi connectivity index (χ3v) is 5.80. The Kier molecular flexibility index (Phi) is 4.95. The maximum Gasteiger partial charge on any atom is 0.223 e. The van der Waals surface area contributed by atoms with E-state index in [9.17, 15) is 4.79 Å². The van der Waals surface area contributed by atoms with Crippen LogP contribution in [0, 0.1) is 11.8 Å². The number of morpholine rings is 1. The van der Waals surface area contributed by atoms with E-state index in [2.05, 4.69) is 22.3 Å². The highest BCUT2D eigenvalue weighted by atomic mass is 16.5. The van der Waals surface area contributed by atoms with E-state index >= 15 is 0 Å². The summed E-state index contributed by atoms with van der Waals surface area (Å²) in [6, 6.07) is 8.59. The minimum atomic E-state index is 0.0969. The van der Waals surface area contributed by atoms with Crippen LogP contribution >= 0.6 is 0 Å². The van der Waals surface area contributed by atoms with E-state index in [4.69, 9.17) is 9.47 Å². The lowest BCUT2D eigenvalue weighted by Gasteiger charge is -2.37. The first-order chi connectivity index (χ1) is 12.2. The maximum absolute atomic E-state index is 12.5. The highest BCUT2D eigenvalue weighted by molar-refractivity contribution is 5.79. The molecule has 5 nitrogen and oxygen atoms in total. The van der Waals surface area contributed by atoms with Crippen LogP contribution < -0.4 is 10.1 Å². The second-order valence-electron chi connectivity index (χ2n) is 7.66. The molecule has 3 fully saturated rings. The van der Waals surface area contributed by atoms with Gasteiger partial charge in [-0.15, -0.1) is 0 Å². The van der Waals surface area contributed by atoms with Gasteiger partial charge in [-0.1, -0.05) is 12.1 Å². The molecule has 5 heteroatoms. The van der Waals surface area contributed by atoms with Crippen molar-refractivity contribution in [2.75, 3.05) is 26.8 Å². The van der Waals surface area contributed by atoms with Crippen LogP contribution in [0.15, 0.2) is 24.3 Å². The number of hydrogen-bond acceptors (Lipinski definition) is 4. The van der Waals surface area contributed by atoms with E-state index in [1.54, 1.807) is 7.11 Å². The molecule has 136 valence electrons. The van der Waals surface area contributed by atoms with Gasteiger partial charge in [0.2, 0.25) is 5.91 Å². The van der Waals surface area contributed by atoms with Crippen LogP contribution in [0.25, 0.3) is 0 Å². The number of ether oxygens (including phenoxy) is 2. The van der Waals surface area contributed by atoms with Crippen LogP contribution in [0.2, 0.25) is 0 Å². The van der Waals surface area contributed by atoms with Crippen molar-refractivity contribution < 1.29 is 14.3 Å². The predicted molar refractivity (Wildman–Crippen MR) is 95.4 cm³/mol. The summed E-state index contributed by atoms with van der Waals surface area (Å²) < 4.78 is 11.3. The minimum Gasteiger partial charge on any atom is -0.497 e. The van der Waals surface area contributed by atoms with E-state index in [0.29, 0.717) is 6.04 Å². The molecule has 3 atom stereocenters. The Hall–Kier alpha value is -1.59. The fourth-order valence-corrected chi connectivity index (χ4v) is 4.15. The van der Waals surface area contributed by atoms with Crippen molar-refractivity contribution in [2.24, 2.45) is 11.8 Å². The van der Waals surface area contributed by atoms with Gasteiger partial charge in [0.15, 0.2) is 0 Å². The lowest BCUT2D eigenvalue weighted by Crippen LogP contribution is -2.47. The van der Waals surface area contributed by atoms with E-state index < -0.39 is 0 Å². The summed E-state index contributed by atoms with van der Waals surface area (Å²) in [5.41, 5.74) is 1.25. The molecule has 25 heavy (non-hydrogen) atoms. The van der Waals surface area contributed by atoms with Gasteiger partial charge < -0.3 is 14.8 Å². The van der Waals surface area contributed by atoms with E-state index in [1.165, 1.54) is 18.4 Å². The third kappa shape index (κ3) is 3.98. The molecule has 2 aliphatic carbocycles. The van der Waals surface area contributed by atoms with E-state index in [-0.39, 0.29) is 17.9 Å². The number of nitrogens with one attached hydrogen (secondary N) is 1. The Morgan fingerprint density at radius 3 is 3.04 bits per heavy atom. The topological polar surface area (TPSA) is 50.8 Å². The molecule has 1 aromatic rings. The van der Waals surface area contributed by atoms with Gasteiger partial charge in [0.1, 0.15) is 5.75 Å². The van der Waals surface area contributed by atoms with Crippen molar-refractivity contribution >= 4 is 5.91 Å². The number of hydrogen-bond donors (Lipinski definition) is 1. The molecule has 2 saturated carbocycles. The number of carbonyl (C=O) groups is 1. The molecule has 0 radical (unpaired) electrons. The molecule has 3 aliphatic rings. The summed E-state index contributed by atoms with van der Waals surface area (Å²) in [5.74, 6) is 1.95. The van der Waals surface area contributed by atoms with Crippen molar-refractivity contribution in [2.45, 2.75) is 44.4 Å². The summed E-state index contributed by atoms with van der Waals surface area (Å²) in [6.45, 7) is 3.42. The van der Waals surface area contributed by atoms with Crippen LogP contribution in [0.5, 0.6) is 5.75 Å². The van der Waals surface area contributed by atoms with E-state index in [0.717, 1.165) is 50.8 Å². The highest BCUT2D eigenvalue weighted by Gasteiger charge is 2.43. The molecule has 1 saturated heterocycles. The maximum atomic E-state index is 12.5. The van der Waals surface area contributed by atoms with Gasteiger partial charge in [0.25, 0.3) is 0 Å². The first kappa shape index (κ1) is 16.9. The van der Waals surface area contributed by atoms with Crippen LogP contribution in [0.3, 0.4) is 0 Å². The van der Waals surface area contributed by atoms with Crippen molar-refractivity contribution in [3.63, 3.8) is 0 Å². The molecular weight excluding hydrogens is 316 g/mol. The van der Waals surface area contributed by atoms with Gasteiger partial charge in [-0.05, 0) is 49.3 Å². The fourth-order valence-electron chi connectivity index (χ4n) is 4.15. The number of nitrogens with zero attached hydrogens (tertiary/aromatic N) is 1. The molecule has 0 unspecified atom stereocenters. The van der Waals surface area contributed by atoms with Gasteiger partial charge in [0, 0.05) is 31.6 Å². The quantitative estimate of drug-likeness (QED) is 0.860. The molecular formula is C20H28N2O3. The van der Waals surface area contributed by atoms with Crippen LogP contribution in [-0.4, -0.2) is 49.8 Å². The normalized spacial score (nSPS) is 29.2. The molecule has 1 heterocycles. The number of amides is 1. The average molecular weight is 344 g/mol. The molecule has 4 rings (SSSR count). The number of benzene rings is 1. The van der Waals surface area contributed by atoms with Gasteiger partial charge in [-0.3, -0.25) is 9.69 Å². The van der Waals surface area contributed by atoms with Crippen molar-refractivity contribution in [1.82, 2.24) is 10.2 Å². The molecule has 0 aromatic heterocycles. The molecule has 1 aromatic carbocycles. The monoisotopic (exact) mass is 344 g/mol. The summed E-state index contributed by atoms with van der Waals surface area (Å²) in [6.07, 6.45) is 4.50. The Bertz CT molecular complexity index is 617. The Morgan fingerprint density at radius 1 is 1.36 bits per heavy atom. The number of carbonyl (C=O) groups excluding carboxylic acids is 1. The van der Waals surface area contributed by atoms with Gasteiger partial charge in [-0.2, -0.15) is 0 Å². The largest absolute Gasteiger partial charge is 0.497 e. The van der Waals surface area contributed by atoms with Crippen LogP contribution in [0.1, 0.15) is 31.2 Å². The number of fused-ring (bicyclic) bond motifs is 1. The molecule has 0 spiro atoms. The van der Waals surface area contributed by atoms with Crippen molar-refractivity contribution in [3.05, 3.63) is 29.8 Å². The Morgan fingerprint density at radius 2 is 2.24 bits per heavy atom. The second-order valence-corrected chi connectivity index (χ2v) is 7.66. The summed E-state index contributed by atoms with van der Waals surface area (Å²) in [4.78, 5) is 15.0. The lowest BCUT2D eigenvalue weighted by atomic mass is 10.1. The zero-order valence-corrected chi connectivity index (χ0v) is 14.9. The zero-order valence-electron chi connectivity index (χ0n) is 14.9. The smallest absolute Gasteiger partial charge is 0.223 e. The molecule has 0 bridgehead atoms. The van der Waals surface area contributed by atoms with Crippen molar-refractivity contribution in [1.29, 1.82) is 0 Å². The van der Waals surface area contributed by atoms with Gasteiger partial charge >= 0.3 is 0 Å². The summed E-state index contributed by atoms with van der Waals surface area (Å²) in [7, 11) is 1.70. The lowest BCUT2D eigenvalue weighted by molar-refractivity contribution is -0.125. The molecule has 1 N–H and O–H groups in total. The van der Waals surface area contributed by atoms with Crippen molar-refractivity contribution in [3.8, 4) is 5.75 Å². The second kappa shape index (κ2) is 7.34. The van der Waals surface area contributed by atoms with Crippen LogP contribution in [0.4, 0.5) is 0 Å². The summed E-state index contributed by atoms with van der Waals surface area (Å²) >= 11 is 0. The van der Waals surface area contributed by atoms with Gasteiger partial charge in [-0.25, -0.2) is 0 Å². The predicted octanol–water partition coefficient (Wildman–Crippen LogP) is 2.20. The number of methoxy groups -OCH3 is 1. The molecule has 1 amide bonds. The first-order valence-corrected chi connectivity index (χ1v) is 9.49. The number of rotatable bonds is 6. The standard InChI is InChI=1S/C20H28N2O3/c1-24-17-4-2-3-15(9-17)13-22-7-8-25-19-11-16(10-18(19)22)20(23)21-12-14-5-6-14/h2-4,9,14,16,18-19H,5-8,10-13H2,1H3,(H,21,23)/t16-,18+,19+/m0/s1. The Labute approximate surface area is 149 Å². The average Bonchev–Trinajstić information content (AvgIpc) is 3.36. The Balaban J connectivity index is 1.37. The summed E-state index contributed by atoms with van der Waals surface area (Å²) in [5, 5.41) is 3.15. The third-order valence-electron chi connectivity index (χ3n) is 5.80. The van der Waals surface area contributed by atoms with E-state index in [1.807, 2.05) is 12.1 Å². The van der Waals surface area contributed by atoms with Crippen LogP contribution in [-0.2, 0) is 16.1 Å². The fraction of sp³-hybridized carbons (Fsp3) is 0.650. The minimum absolute atomic E-state index is 0.0969.